The highest BCUT2D eigenvalue weighted by molar-refractivity contribution is 5.52. The third kappa shape index (κ3) is 1.53. The number of ether oxygens (including phenoxy) is 1. The second kappa shape index (κ2) is 3.84. The van der Waals surface area contributed by atoms with Crippen LogP contribution in [0.25, 0.3) is 5.69 Å². The lowest BCUT2D eigenvalue weighted by Crippen LogP contribution is -2.46. The number of rotatable bonds is 0. The summed E-state index contributed by atoms with van der Waals surface area (Å²) in [5.74, 6) is 0.393. The van der Waals surface area contributed by atoms with Gasteiger partial charge < -0.3 is 14.6 Å². The molecule has 2 aliphatic rings. The summed E-state index contributed by atoms with van der Waals surface area (Å²) in [6.07, 6.45) is 3.85. The second-order valence-corrected chi connectivity index (χ2v) is 5.22. The maximum atomic E-state index is 13.5. The van der Waals surface area contributed by atoms with Gasteiger partial charge in [0.2, 0.25) is 0 Å². The van der Waals surface area contributed by atoms with E-state index in [1.54, 1.807) is 6.07 Å². The van der Waals surface area contributed by atoms with Crippen LogP contribution in [0.3, 0.4) is 0 Å². The predicted molar refractivity (Wildman–Crippen MR) is 70.1 cm³/mol. The lowest BCUT2D eigenvalue weighted by molar-refractivity contribution is 0.0200. The van der Waals surface area contributed by atoms with Crippen LogP contribution in [0.5, 0.6) is 5.75 Å². The van der Waals surface area contributed by atoms with Gasteiger partial charge in [-0.05, 0) is 37.4 Å². The Balaban J connectivity index is 1.92. The molecule has 0 unspecified atom stereocenters. The van der Waals surface area contributed by atoms with Gasteiger partial charge in [0.05, 0.1) is 11.4 Å². The summed E-state index contributed by atoms with van der Waals surface area (Å²) in [4.78, 5) is 0. The maximum absolute atomic E-state index is 13.5. The highest BCUT2D eigenvalue weighted by Crippen LogP contribution is 2.44. The van der Waals surface area contributed by atoms with E-state index in [-0.39, 0.29) is 11.4 Å². The number of nitrogens with zero attached hydrogens (tertiary/aromatic N) is 1. The fourth-order valence-electron chi connectivity index (χ4n) is 3.18. The Morgan fingerprint density at radius 1 is 1.21 bits per heavy atom. The van der Waals surface area contributed by atoms with E-state index >= 15 is 0 Å². The molecule has 0 radical (unpaired) electrons. The van der Waals surface area contributed by atoms with Crippen molar-refractivity contribution < 1.29 is 9.13 Å². The van der Waals surface area contributed by atoms with Gasteiger partial charge in [-0.2, -0.15) is 0 Å². The molecule has 0 aliphatic carbocycles. The maximum Gasteiger partial charge on any atom is 0.152 e. The SMILES string of the molecule is Fc1ccc2c(c1)OC1(CCNCC1)c1cccn1-2. The lowest BCUT2D eigenvalue weighted by atomic mass is 9.87. The Morgan fingerprint density at radius 3 is 2.89 bits per heavy atom. The smallest absolute Gasteiger partial charge is 0.152 e. The minimum atomic E-state index is -0.310. The average molecular weight is 258 g/mol. The number of fused-ring (bicyclic) bond motifs is 4. The van der Waals surface area contributed by atoms with Gasteiger partial charge in [-0.1, -0.05) is 0 Å². The van der Waals surface area contributed by atoms with Gasteiger partial charge in [-0.3, -0.25) is 0 Å². The van der Waals surface area contributed by atoms with Crippen LogP contribution in [-0.2, 0) is 5.60 Å². The van der Waals surface area contributed by atoms with Crippen molar-refractivity contribution in [3.63, 3.8) is 0 Å². The number of benzene rings is 1. The summed E-state index contributed by atoms with van der Waals surface area (Å²) in [7, 11) is 0. The van der Waals surface area contributed by atoms with Crippen molar-refractivity contribution in [2.45, 2.75) is 18.4 Å². The molecule has 1 spiro atoms. The molecular weight excluding hydrogens is 243 g/mol. The van der Waals surface area contributed by atoms with Crippen molar-refractivity contribution in [1.29, 1.82) is 0 Å². The molecule has 1 aromatic carbocycles. The summed E-state index contributed by atoms with van der Waals surface area (Å²) < 4.78 is 21.8. The van der Waals surface area contributed by atoms with Crippen LogP contribution in [-0.4, -0.2) is 17.7 Å². The largest absolute Gasteiger partial charge is 0.479 e. The highest BCUT2D eigenvalue weighted by atomic mass is 19.1. The Kier molecular flexibility index (Phi) is 2.23. The van der Waals surface area contributed by atoms with Crippen molar-refractivity contribution in [1.82, 2.24) is 9.88 Å². The molecule has 19 heavy (non-hydrogen) atoms. The molecule has 2 aromatic rings. The van der Waals surface area contributed by atoms with E-state index in [0.29, 0.717) is 5.75 Å². The van der Waals surface area contributed by atoms with E-state index in [9.17, 15) is 4.39 Å². The molecule has 4 heteroatoms. The van der Waals surface area contributed by atoms with Gasteiger partial charge in [-0.25, -0.2) is 4.39 Å². The van der Waals surface area contributed by atoms with E-state index in [1.807, 2.05) is 12.3 Å². The Bertz CT molecular complexity index is 629. The topological polar surface area (TPSA) is 26.2 Å². The minimum Gasteiger partial charge on any atom is -0.479 e. The Morgan fingerprint density at radius 2 is 2.05 bits per heavy atom. The zero-order valence-corrected chi connectivity index (χ0v) is 10.5. The molecule has 98 valence electrons. The zero-order chi connectivity index (χ0) is 12.9. The molecule has 0 atom stereocenters. The molecule has 4 rings (SSSR count). The number of hydrogen-bond donors (Lipinski definition) is 1. The van der Waals surface area contributed by atoms with Crippen LogP contribution in [0.4, 0.5) is 4.39 Å². The summed E-state index contributed by atoms with van der Waals surface area (Å²) in [6.45, 7) is 1.85. The van der Waals surface area contributed by atoms with Gasteiger partial charge in [0.25, 0.3) is 0 Å². The molecule has 0 amide bonds. The molecular formula is C15H15FN2O. The van der Waals surface area contributed by atoms with Crippen molar-refractivity contribution in [2.24, 2.45) is 0 Å². The number of nitrogens with one attached hydrogen (secondary N) is 1. The van der Waals surface area contributed by atoms with Gasteiger partial charge >= 0.3 is 0 Å². The summed E-state index contributed by atoms with van der Waals surface area (Å²) >= 11 is 0. The van der Waals surface area contributed by atoms with Crippen LogP contribution in [0.1, 0.15) is 18.5 Å². The average Bonchev–Trinajstić information content (AvgIpc) is 2.90. The second-order valence-electron chi connectivity index (χ2n) is 5.22. The molecule has 1 saturated heterocycles. The van der Waals surface area contributed by atoms with Crippen LogP contribution < -0.4 is 10.1 Å². The first-order chi connectivity index (χ1) is 9.28. The van der Waals surface area contributed by atoms with Crippen molar-refractivity contribution in [3.8, 4) is 11.4 Å². The lowest BCUT2D eigenvalue weighted by Gasteiger charge is -2.42. The number of halogens is 1. The molecule has 1 fully saturated rings. The van der Waals surface area contributed by atoms with Crippen molar-refractivity contribution in [3.05, 3.63) is 48.0 Å². The third-order valence-corrected chi connectivity index (χ3v) is 4.11. The minimum absolute atomic E-state index is 0.251. The fraction of sp³-hybridized carbons (Fsp3) is 0.333. The molecule has 3 nitrogen and oxygen atoms in total. The van der Waals surface area contributed by atoms with Crippen LogP contribution in [0, 0.1) is 5.82 Å². The van der Waals surface area contributed by atoms with Crippen molar-refractivity contribution >= 4 is 0 Å². The number of piperidine rings is 1. The number of aromatic nitrogens is 1. The summed E-state index contributed by atoms with van der Waals surface area (Å²) in [5.41, 5.74) is 1.79. The molecule has 0 saturated carbocycles. The Hall–Kier alpha value is -1.81. The molecule has 2 aliphatic heterocycles. The summed E-state index contributed by atoms with van der Waals surface area (Å²) in [5, 5.41) is 3.35. The van der Waals surface area contributed by atoms with E-state index in [4.69, 9.17) is 4.74 Å². The van der Waals surface area contributed by atoms with Crippen LogP contribution in [0.15, 0.2) is 36.5 Å². The van der Waals surface area contributed by atoms with E-state index in [1.165, 1.54) is 17.8 Å². The van der Waals surface area contributed by atoms with Gasteiger partial charge in [0.15, 0.2) is 5.60 Å². The van der Waals surface area contributed by atoms with Crippen LogP contribution >= 0.6 is 0 Å². The van der Waals surface area contributed by atoms with Gasteiger partial charge in [0, 0.05) is 25.1 Å². The molecule has 1 N–H and O–H groups in total. The monoisotopic (exact) mass is 258 g/mol. The first-order valence-corrected chi connectivity index (χ1v) is 6.66. The van der Waals surface area contributed by atoms with Gasteiger partial charge in [-0.15, -0.1) is 0 Å². The first kappa shape index (κ1) is 11.1. The molecule has 1 aromatic heterocycles. The summed E-state index contributed by atoms with van der Waals surface area (Å²) in [6, 6.07) is 8.88. The van der Waals surface area contributed by atoms with Crippen molar-refractivity contribution in [2.75, 3.05) is 13.1 Å². The molecule has 0 bridgehead atoms. The highest BCUT2D eigenvalue weighted by Gasteiger charge is 2.42. The van der Waals surface area contributed by atoms with E-state index < -0.39 is 0 Å². The normalized spacial score (nSPS) is 19.6. The van der Waals surface area contributed by atoms with Gasteiger partial charge in [0.1, 0.15) is 11.6 Å². The predicted octanol–water partition coefficient (Wildman–Crippen LogP) is 2.59. The standard InChI is InChI=1S/C15H15FN2O/c16-11-3-4-12-13(10-11)19-15(5-7-17-8-6-15)14-2-1-9-18(12)14/h1-4,9-10,17H,5-8H2. The van der Waals surface area contributed by atoms with E-state index in [0.717, 1.165) is 31.6 Å². The first-order valence-electron chi connectivity index (χ1n) is 6.66. The number of hydrogen-bond acceptors (Lipinski definition) is 2. The van der Waals surface area contributed by atoms with E-state index in [2.05, 4.69) is 16.0 Å². The zero-order valence-electron chi connectivity index (χ0n) is 10.5. The Labute approximate surface area is 111 Å². The fourth-order valence-corrected chi connectivity index (χ4v) is 3.18. The molecule has 3 heterocycles. The quantitative estimate of drug-likeness (QED) is 0.786. The van der Waals surface area contributed by atoms with Crippen LogP contribution in [0.2, 0.25) is 0 Å². The third-order valence-electron chi connectivity index (χ3n) is 4.11.